The van der Waals surface area contributed by atoms with E-state index in [1.165, 1.54) is 0 Å². The first-order valence-corrected chi connectivity index (χ1v) is 8.74. The standard InChI is InChI=1S/C20H26O6/c1-11(6-5-7-12(2)19(22)23)8-9-14-17(21)16-15(10-26-20(16)24)13(3)18(14)25-4/h8,12,21H,5-7,9-10H2,1-4H3,(H,22,23)/b11-8+. The van der Waals surface area contributed by atoms with Crippen molar-refractivity contribution in [2.75, 3.05) is 7.11 Å². The van der Waals surface area contributed by atoms with Gasteiger partial charge in [0.2, 0.25) is 0 Å². The number of hydrogen-bond acceptors (Lipinski definition) is 5. The van der Waals surface area contributed by atoms with Gasteiger partial charge in [-0.25, -0.2) is 4.79 Å². The van der Waals surface area contributed by atoms with Gasteiger partial charge in [-0.2, -0.15) is 0 Å². The highest BCUT2D eigenvalue weighted by atomic mass is 16.5. The molecule has 0 radical (unpaired) electrons. The molecule has 0 fully saturated rings. The van der Waals surface area contributed by atoms with E-state index in [4.69, 9.17) is 14.6 Å². The van der Waals surface area contributed by atoms with Crippen LogP contribution in [0, 0.1) is 12.8 Å². The van der Waals surface area contributed by atoms with Crippen molar-refractivity contribution >= 4 is 11.9 Å². The maximum Gasteiger partial charge on any atom is 0.342 e. The first kappa shape index (κ1) is 19.8. The molecule has 2 rings (SSSR count). The molecular formula is C20H26O6. The zero-order chi connectivity index (χ0) is 19.4. The molecule has 1 aromatic rings. The molecule has 0 saturated carbocycles. The molecule has 1 atom stereocenters. The number of carboxylic acids is 1. The molecule has 0 saturated heterocycles. The van der Waals surface area contributed by atoms with E-state index in [1.54, 1.807) is 14.0 Å². The molecule has 26 heavy (non-hydrogen) atoms. The average Bonchev–Trinajstić information content (AvgIpc) is 2.98. The number of hydrogen-bond donors (Lipinski definition) is 2. The van der Waals surface area contributed by atoms with E-state index in [-0.39, 0.29) is 23.8 Å². The zero-order valence-corrected chi connectivity index (χ0v) is 15.7. The summed E-state index contributed by atoms with van der Waals surface area (Å²) in [6.45, 7) is 5.69. The molecule has 1 aromatic carbocycles. The van der Waals surface area contributed by atoms with Crippen LogP contribution in [0.25, 0.3) is 0 Å². The molecule has 0 spiro atoms. The van der Waals surface area contributed by atoms with Gasteiger partial charge in [0.1, 0.15) is 23.7 Å². The number of cyclic esters (lactones) is 1. The van der Waals surface area contributed by atoms with Crippen molar-refractivity contribution in [1.29, 1.82) is 0 Å². The Morgan fingerprint density at radius 1 is 1.42 bits per heavy atom. The number of aliphatic carboxylic acids is 1. The van der Waals surface area contributed by atoms with Crippen LogP contribution in [0.15, 0.2) is 11.6 Å². The van der Waals surface area contributed by atoms with Crippen molar-refractivity contribution in [2.24, 2.45) is 5.92 Å². The molecule has 1 heterocycles. The third kappa shape index (κ3) is 4.00. The van der Waals surface area contributed by atoms with E-state index in [9.17, 15) is 14.7 Å². The highest BCUT2D eigenvalue weighted by Gasteiger charge is 2.31. The van der Waals surface area contributed by atoms with E-state index in [0.29, 0.717) is 29.7 Å². The minimum atomic E-state index is -0.776. The van der Waals surface area contributed by atoms with Crippen LogP contribution in [0.2, 0.25) is 0 Å². The molecule has 1 aliphatic rings. The smallest absolute Gasteiger partial charge is 0.342 e. The third-order valence-electron chi connectivity index (χ3n) is 4.93. The van der Waals surface area contributed by atoms with E-state index >= 15 is 0 Å². The lowest BCUT2D eigenvalue weighted by Gasteiger charge is -2.15. The van der Waals surface area contributed by atoms with Crippen LogP contribution in [-0.4, -0.2) is 29.3 Å². The number of ether oxygens (including phenoxy) is 2. The van der Waals surface area contributed by atoms with Gasteiger partial charge in [-0.3, -0.25) is 4.79 Å². The number of aromatic hydroxyl groups is 1. The van der Waals surface area contributed by atoms with Gasteiger partial charge in [0.05, 0.1) is 13.0 Å². The number of phenols is 1. The lowest BCUT2D eigenvalue weighted by molar-refractivity contribution is -0.141. The van der Waals surface area contributed by atoms with Gasteiger partial charge in [0.25, 0.3) is 0 Å². The summed E-state index contributed by atoms with van der Waals surface area (Å²) in [5.41, 5.74) is 3.39. The van der Waals surface area contributed by atoms with E-state index < -0.39 is 11.9 Å². The summed E-state index contributed by atoms with van der Waals surface area (Å²) in [6.07, 6.45) is 4.60. The van der Waals surface area contributed by atoms with Crippen molar-refractivity contribution in [3.8, 4) is 11.5 Å². The van der Waals surface area contributed by atoms with E-state index in [2.05, 4.69) is 0 Å². The number of carbonyl (C=O) groups excluding carboxylic acids is 1. The predicted molar refractivity (Wildman–Crippen MR) is 96.6 cm³/mol. The largest absolute Gasteiger partial charge is 0.507 e. The van der Waals surface area contributed by atoms with Crippen LogP contribution in [-0.2, 0) is 22.6 Å². The lowest BCUT2D eigenvalue weighted by Crippen LogP contribution is -2.08. The topological polar surface area (TPSA) is 93.1 Å². The Kier molecular flexibility index (Phi) is 6.29. The molecular weight excluding hydrogens is 336 g/mol. The molecule has 1 aliphatic heterocycles. The molecule has 1 unspecified atom stereocenters. The second kappa shape index (κ2) is 8.25. The first-order valence-electron chi connectivity index (χ1n) is 8.74. The highest BCUT2D eigenvalue weighted by molar-refractivity contribution is 5.98. The molecule has 0 aliphatic carbocycles. The van der Waals surface area contributed by atoms with Crippen LogP contribution in [0.1, 0.15) is 60.2 Å². The average molecular weight is 362 g/mol. The number of fused-ring (bicyclic) bond motifs is 1. The summed E-state index contributed by atoms with van der Waals surface area (Å²) in [5, 5.41) is 19.5. The third-order valence-corrected chi connectivity index (χ3v) is 4.93. The number of methoxy groups -OCH3 is 1. The second-order valence-corrected chi connectivity index (χ2v) is 6.80. The van der Waals surface area contributed by atoms with Crippen molar-refractivity contribution in [3.05, 3.63) is 33.9 Å². The van der Waals surface area contributed by atoms with Gasteiger partial charge in [-0.15, -0.1) is 0 Å². The summed E-state index contributed by atoms with van der Waals surface area (Å²) in [4.78, 5) is 22.8. The zero-order valence-electron chi connectivity index (χ0n) is 15.7. The van der Waals surface area contributed by atoms with E-state index in [1.807, 2.05) is 19.9 Å². The molecule has 0 bridgehead atoms. The van der Waals surface area contributed by atoms with Crippen molar-refractivity contribution in [3.63, 3.8) is 0 Å². The Morgan fingerprint density at radius 3 is 2.73 bits per heavy atom. The number of esters is 1. The Morgan fingerprint density at radius 2 is 2.12 bits per heavy atom. The number of benzene rings is 1. The quantitative estimate of drug-likeness (QED) is 0.540. The Hall–Kier alpha value is -2.50. The minimum absolute atomic E-state index is 0.0755. The van der Waals surface area contributed by atoms with Gasteiger partial charge in [-0.05, 0) is 45.1 Å². The summed E-state index contributed by atoms with van der Waals surface area (Å²) in [5.74, 6) is -1.14. The van der Waals surface area contributed by atoms with Gasteiger partial charge in [0.15, 0.2) is 0 Å². The van der Waals surface area contributed by atoms with Crippen LogP contribution < -0.4 is 4.74 Å². The van der Waals surface area contributed by atoms with Gasteiger partial charge in [-0.1, -0.05) is 18.6 Å². The second-order valence-electron chi connectivity index (χ2n) is 6.80. The fraction of sp³-hybridized carbons (Fsp3) is 0.500. The van der Waals surface area contributed by atoms with Crippen LogP contribution >= 0.6 is 0 Å². The summed E-state index contributed by atoms with van der Waals surface area (Å²) >= 11 is 0. The monoisotopic (exact) mass is 362 g/mol. The van der Waals surface area contributed by atoms with Crippen LogP contribution in [0.5, 0.6) is 11.5 Å². The molecule has 6 nitrogen and oxygen atoms in total. The number of carboxylic acid groups (broad SMARTS) is 1. The first-order chi connectivity index (χ1) is 12.3. The Bertz CT molecular complexity index is 747. The van der Waals surface area contributed by atoms with Crippen LogP contribution in [0.3, 0.4) is 0 Å². The summed E-state index contributed by atoms with van der Waals surface area (Å²) in [6, 6.07) is 0. The maximum atomic E-state index is 11.9. The molecule has 142 valence electrons. The van der Waals surface area contributed by atoms with Crippen molar-refractivity contribution in [2.45, 2.75) is 53.1 Å². The fourth-order valence-corrected chi connectivity index (χ4v) is 3.22. The molecule has 2 N–H and O–H groups in total. The van der Waals surface area contributed by atoms with Crippen LogP contribution in [0.4, 0.5) is 0 Å². The lowest BCUT2D eigenvalue weighted by atomic mass is 9.94. The van der Waals surface area contributed by atoms with Crippen molar-refractivity contribution < 1.29 is 29.3 Å². The molecule has 0 aromatic heterocycles. The summed E-state index contributed by atoms with van der Waals surface area (Å²) < 4.78 is 10.5. The fourth-order valence-electron chi connectivity index (χ4n) is 3.22. The number of rotatable bonds is 8. The van der Waals surface area contributed by atoms with Gasteiger partial charge >= 0.3 is 11.9 Å². The highest BCUT2D eigenvalue weighted by Crippen LogP contribution is 2.42. The van der Waals surface area contributed by atoms with Gasteiger partial charge < -0.3 is 19.7 Å². The predicted octanol–water partition coefficient (Wildman–Crippen LogP) is 3.76. The van der Waals surface area contributed by atoms with Crippen molar-refractivity contribution in [1.82, 2.24) is 0 Å². The number of allylic oxidation sites excluding steroid dienone is 2. The van der Waals surface area contributed by atoms with Gasteiger partial charge in [0, 0.05) is 11.1 Å². The Balaban J connectivity index is 2.16. The minimum Gasteiger partial charge on any atom is -0.507 e. The number of phenolic OH excluding ortho intramolecular Hbond substituents is 1. The normalized spacial score (nSPS) is 14.8. The molecule has 0 amide bonds. The Labute approximate surface area is 153 Å². The number of carbonyl (C=O) groups is 2. The maximum absolute atomic E-state index is 11.9. The van der Waals surface area contributed by atoms with E-state index in [0.717, 1.165) is 24.0 Å². The molecule has 6 heteroatoms. The summed E-state index contributed by atoms with van der Waals surface area (Å²) in [7, 11) is 1.54. The SMILES string of the molecule is COc1c(C)c2c(c(O)c1C/C=C(\C)CCCC(C)C(=O)O)C(=O)OC2.